The molecule has 0 bridgehead atoms. The maximum absolute atomic E-state index is 14.6. The van der Waals surface area contributed by atoms with Crippen molar-refractivity contribution in [3.05, 3.63) is 77.4 Å². The number of nitrogens with zero attached hydrogens (tertiary/aromatic N) is 2. The average Bonchev–Trinajstić information content (AvgIpc) is 2.97. The SMILES string of the molecule is CCCCCCCCCc1cnc(-c2ccc(C(=O)Oc3ccc(CCCCCCCCC)c(F)c3)cc2)nc1. The van der Waals surface area contributed by atoms with Crippen molar-refractivity contribution in [3.8, 4) is 17.1 Å². The summed E-state index contributed by atoms with van der Waals surface area (Å²) in [6.07, 6.45) is 22.9. The molecule has 0 radical (unpaired) electrons. The predicted octanol–water partition coefficient (Wildman–Crippen LogP) is 10.1. The van der Waals surface area contributed by atoms with Gasteiger partial charge in [-0.3, -0.25) is 0 Å². The first-order valence-electron chi connectivity index (χ1n) is 15.5. The van der Waals surface area contributed by atoms with Crippen LogP contribution in [-0.2, 0) is 12.8 Å². The summed E-state index contributed by atoms with van der Waals surface area (Å²) in [5.41, 5.74) is 3.05. The molecule has 0 N–H and O–H groups in total. The molecule has 0 saturated heterocycles. The van der Waals surface area contributed by atoms with Gasteiger partial charge in [0.05, 0.1) is 5.56 Å². The van der Waals surface area contributed by atoms with E-state index in [1.54, 1.807) is 24.3 Å². The first kappa shape index (κ1) is 31.4. The van der Waals surface area contributed by atoms with Gasteiger partial charge in [-0.1, -0.05) is 109 Å². The van der Waals surface area contributed by atoms with Crippen LogP contribution >= 0.6 is 0 Å². The highest BCUT2D eigenvalue weighted by Crippen LogP contribution is 2.22. The molecule has 0 aliphatic heterocycles. The molecule has 0 aliphatic carbocycles. The lowest BCUT2D eigenvalue weighted by Gasteiger charge is -2.08. The van der Waals surface area contributed by atoms with E-state index in [0.29, 0.717) is 23.4 Å². The fourth-order valence-corrected chi connectivity index (χ4v) is 4.91. The molecular formula is C35H47FN2O2. The van der Waals surface area contributed by atoms with Gasteiger partial charge in [0.1, 0.15) is 11.6 Å². The quantitative estimate of drug-likeness (QED) is 0.0852. The molecule has 0 spiro atoms. The van der Waals surface area contributed by atoms with Crippen LogP contribution in [-0.4, -0.2) is 15.9 Å². The van der Waals surface area contributed by atoms with Gasteiger partial charge in [0, 0.05) is 24.0 Å². The molecule has 4 nitrogen and oxygen atoms in total. The summed E-state index contributed by atoms with van der Waals surface area (Å²) in [5, 5.41) is 0. The number of halogens is 1. The van der Waals surface area contributed by atoms with Gasteiger partial charge < -0.3 is 4.74 Å². The van der Waals surface area contributed by atoms with Gasteiger partial charge >= 0.3 is 5.97 Å². The van der Waals surface area contributed by atoms with E-state index in [4.69, 9.17) is 4.74 Å². The van der Waals surface area contributed by atoms with Crippen molar-refractivity contribution < 1.29 is 13.9 Å². The van der Waals surface area contributed by atoms with Gasteiger partial charge in [0.2, 0.25) is 0 Å². The molecule has 3 aromatic rings. The van der Waals surface area contributed by atoms with Crippen LogP contribution in [0.3, 0.4) is 0 Å². The minimum absolute atomic E-state index is 0.217. The molecule has 0 atom stereocenters. The van der Waals surface area contributed by atoms with E-state index in [1.807, 2.05) is 24.5 Å². The summed E-state index contributed by atoms with van der Waals surface area (Å²) in [5.74, 6) is 0.00701. The van der Waals surface area contributed by atoms with E-state index in [9.17, 15) is 9.18 Å². The fourth-order valence-electron chi connectivity index (χ4n) is 4.91. The van der Waals surface area contributed by atoms with Crippen LogP contribution in [0.2, 0.25) is 0 Å². The summed E-state index contributed by atoms with van der Waals surface area (Å²) in [6.45, 7) is 4.46. The fraction of sp³-hybridized carbons (Fsp3) is 0.514. The zero-order valence-electron chi connectivity index (χ0n) is 24.6. The van der Waals surface area contributed by atoms with Crippen molar-refractivity contribution >= 4 is 5.97 Å². The van der Waals surface area contributed by atoms with E-state index in [1.165, 1.54) is 76.7 Å². The summed E-state index contributed by atoms with van der Waals surface area (Å²) in [4.78, 5) is 21.7. The Morgan fingerprint density at radius 1 is 0.700 bits per heavy atom. The van der Waals surface area contributed by atoms with E-state index >= 15 is 0 Å². The second-order valence-corrected chi connectivity index (χ2v) is 10.9. The Labute approximate surface area is 240 Å². The standard InChI is InChI=1S/C35H47FN2O2/c1-3-5-7-9-11-13-15-17-28-26-37-34(38-27-28)30-19-21-31(22-20-30)35(39)40-32-24-23-29(33(36)25-32)18-16-14-12-10-8-6-4-2/h19-27H,3-18H2,1-2H3. The van der Waals surface area contributed by atoms with Gasteiger partial charge in [0.25, 0.3) is 0 Å². The Kier molecular flexibility index (Phi) is 14.4. The van der Waals surface area contributed by atoms with Crippen molar-refractivity contribution in [1.82, 2.24) is 9.97 Å². The molecule has 5 heteroatoms. The summed E-state index contributed by atoms with van der Waals surface area (Å²) >= 11 is 0. The second-order valence-electron chi connectivity index (χ2n) is 10.9. The number of unbranched alkanes of at least 4 members (excludes halogenated alkanes) is 12. The van der Waals surface area contributed by atoms with Gasteiger partial charge in [-0.15, -0.1) is 0 Å². The number of ether oxygens (including phenoxy) is 1. The number of hydrogen-bond donors (Lipinski definition) is 0. The Hall–Kier alpha value is -3.08. The molecule has 0 amide bonds. The summed E-state index contributed by atoms with van der Waals surface area (Å²) in [6, 6.07) is 11.7. The minimum Gasteiger partial charge on any atom is -0.423 e. The van der Waals surface area contributed by atoms with E-state index < -0.39 is 5.97 Å². The van der Waals surface area contributed by atoms with Crippen molar-refractivity contribution in [2.24, 2.45) is 0 Å². The van der Waals surface area contributed by atoms with E-state index in [2.05, 4.69) is 23.8 Å². The lowest BCUT2D eigenvalue weighted by atomic mass is 10.0. The smallest absolute Gasteiger partial charge is 0.343 e. The van der Waals surface area contributed by atoms with Crippen molar-refractivity contribution in [2.75, 3.05) is 0 Å². The summed E-state index contributed by atoms with van der Waals surface area (Å²) < 4.78 is 20.0. The Morgan fingerprint density at radius 3 is 1.82 bits per heavy atom. The monoisotopic (exact) mass is 546 g/mol. The molecule has 0 unspecified atom stereocenters. The van der Waals surface area contributed by atoms with Crippen molar-refractivity contribution in [2.45, 2.75) is 117 Å². The lowest BCUT2D eigenvalue weighted by molar-refractivity contribution is 0.0734. The molecule has 0 fully saturated rings. The largest absolute Gasteiger partial charge is 0.423 e. The number of rotatable bonds is 19. The maximum Gasteiger partial charge on any atom is 0.343 e. The molecule has 0 saturated carbocycles. The highest BCUT2D eigenvalue weighted by Gasteiger charge is 2.12. The van der Waals surface area contributed by atoms with Gasteiger partial charge in [-0.05, 0) is 55.0 Å². The first-order valence-corrected chi connectivity index (χ1v) is 15.5. The Bertz CT molecular complexity index is 1130. The van der Waals surface area contributed by atoms with Crippen LogP contribution < -0.4 is 4.74 Å². The van der Waals surface area contributed by atoms with E-state index in [-0.39, 0.29) is 11.6 Å². The molecule has 216 valence electrons. The van der Waals surface area contributed by atoms with Crippen molar-refractivity contribution in [1.29, 1.82) is 0 Å². The molecule has 1 aromatic heterocycles. The Balaban J connectivity index is 1.43. The second kappa shape index (κ2) is 18.3. The predicted molar refractivity (Wildman–Crippen MR) is 162 cm³/mol. The third-order valence-electron chi connectivity index (χ3n) is 7.44. The van der Waals surface area contributed by atoms with Gasteiger partial charge in [-0.2, -0.15) is 0 Å². The van der Waals surface area contributed by atoms with Gasteiger partial charge in [-0.25, -0.2) is 19.2 Å². The average molecular weight is 547 g/mol. The zero-order chi connectivity index (χ0) is 28.4. The van der Waals surface area contributed by atoms with Crippen LogP contribution in [0.15, 0.2) is 54.9 Å². The Morgan fingerprint density at radius 2 is 1.25 bits per heavy atom. The molecule has 2 aromatic carbocycles. The highest BCUT2D eigenvalue weighted by atomic mass is 19.1. The third-order valence-corrected chi connectivity index (χ3v) is 7.44. The van der Waals surface area contributed by atoms with Crippen LogP contribution in [0.25, 0.3) is 11.4 Å². The zero-order valence-corrected chi connectivity index (χ0v) is 24.6. The summed E-state index contributed by atoms with van der Waals surface area (Å²) in [7, 11) is 0. The number of aryl methyl sites for hydroxylation is 2. The van der Waals surface area contributed by atoms with Gasteiger partial charge in [0.15, 0.2) is 5.82 Å². The number of hydrogen-bond acceptors (Lipinski definition) is 4. The van der Waals surface area contributed by atoms with Crippen molar-refractivity contribution in [3.63, 3.8) is 0 Å². The molecule has 0 aliphatic rings. The van der Waals surface area contributed by atoms with Crippen LogP contribution in [0.4, 0.5) is 4.39 Å². The maximum atomic E-state index is 14.6. The van der Waals surface area contributed by atoms with Crippen LogP contribution in [0.5, 0.6) is 5.75 Å². The highest BCUT2D eigenvalue weighted by molar-refractivity contribution is 5.91. The van der Waals surface area contributed by atoms with E-state index in [0.717, 1.165) is 36.8 Å². The first-order chi connectivity index (χ1) is 19.6. The number of aromatic nitrogens is 2. The number of carbonyl (C=O) groups is 1. The number of benzene rings is 2. The number of carbonyl (C=O) groups excluding carboxylic acids is 1. The molecule has 3 rings (SSSR count). The van der Waals surface area contributed by atoms with Crippen LogP contribution in [0, 0.1) is 5.82 Å². The molecule has 40 heavy (non-hydrogen) atoms. The van der Waals surface area contributed by atoms with Crippen LogP contribution in [0.1, 0.15) is 125 Å². The minimum atomic E-state index is -0.517. The topological polar surface area (TPSA) is 52.1 Å². The molecule has 1 heterocycles. The molecular weight excluding hydrogens is 499 g/mol. The third kappa shape index (κ3) is 11.2. The number of esters is 1. The lowest BCUT2D eigenvalue weighted by Crippen LogP contribution is -2.09. The normalized spacial score (nSPS) is 11.1.